The number of fused-ring (bicyclic) bond motifs is 1. The lowest BCUT2D eigenvalue weighted by atomic mass is 10.2. The summed E-state index contributed by atoms with van der Waals surface area (Å²) in [4.78, 5) is 15.4. The quantitative estimate of drug-likeness (QED) is 0.419. The van der Waals surface area contributed by atoms with Crippen LogP contribution in [0.15, 0.2) is 71.6 Å². The van der Waals surface area contributed by atoms with Crippen LogP contribution < -0.4 is 19.3 Å². The molecule has 4 rings (SSSR count). The Morgan fingerprint density at radius 2 is 1.75 bits per heavy atom. The maximum atomic E-state index is 13.7. The van der Waals surface area contributed by atoms with Gasteiger partial charge in [0, 0.05) is 25.3 Å². The van der Waals surface area contributed by atoms with Gasteiger partial charge in [0.05, 0.1) is 17.7 Å². The molecule has 0 atom stereocenters. The van der Waals surface area contributed by atoms with Crippen molar-refractivity contribution in [1.29, 1.82) is 0 Å². The lowest BCUT2D eigenvalue weighted by Crippen LogP contribution is -2.41. The van der Waals surface area contributed by atoms with Crippen molar-refractivity contribution in [1.82, 2.24) is 5.32 Å². The van der Waals surface area contributed by atoms with Crippen LogP contribution in [-0.2, 0) is 21.2 Å². The van der Waals surface area contributed by atoms with E-state index in [1.165, 1.54) is 18.4 Å². The van der Waals surface area contributed by atoms with Gasteiger partial charge in [-0.15, -0.1) is 0 Å². The summed E-state index contributed by atoms with van der Waals surface area (Å²) in [5.41, 5.74) is 4.76. The summed E-state index contributed by atoms with van der Waals surface area (Å²) in [5, 5.41) is 2.90. The summed E-state index contributed by atoms with van der Waals surface area (Å²) in [5.74, 6) is 0.0212. The molecule has 0 bridgehead atoms. The molecule has 0 saturated heterocycles. The van der Waals surface area contributed by atoms with Gasteiger partial charge in [-0.3, -0.25) is 9.10 Å². The number of aryl methyl sites for hydroxylation is 2. The molecule has 0 saturated carbocycles. The number of sulfonamides is 1. The number of anilines is 2. The summed E-state index contributed by atoms with van der Waals surface area (Å²) in [6.45, 7) is 5.68. The molecule has 1 heterocycles. The number of nitrogens with zero attached hydrogens (tertiary/aromatic N) is 2. The molecule has 3 aromatic carbocycles. The standard InChI is InChI=1S/C28H33N3O4S/c1-21-9-12-24(13-10-21)36(33,34)31(26-19-22(2)11-14-27(26)35-3)20-28(32)29-16-6-17-30-18-15-23-7-4-5-8-25(23)30/h4-5,7-14,19H,6,15-18,20H2,1-3H3,(H,29,32). The van der Waals surface area contributed by atoms with E-state index in [0.29, 0.717) is 18.0 Å². The minimum atomic E-state index is -4.01. The molecule has 0 radical (unpaired) electrons. The average Bonchev–Trinajstić information content (AvgIpc) is 3.28. The Labute approximate surface area is 213 Å². The highest BCUT2D eigenvalue weighted by atomic mass is 32.2. The third-order valence-corrected chi connectivity index (χ3v) is 8.18. The molecule has 0 unspecified atom stereocenters. The molecular formula is C28H33N3O4S. The van der Waals surface area contributed by atoms with Crippen molar-refractivity contribution in [2.75, 3.05) is 42.5 Å². The number of benzene rings is 3. The Bertz CT molecular complexity index is 1320. The van der Waals surface area contributed by atoms with E-state index in [1.54, 1.807) is 36.4 Å². The van der Waals surface area contributed by atoms with Crippen LogP contribution >= 0.6 is 0 Å². The van der Waals surface area contributed by atoms with Crippen LogP contribution in [0, 0.1) is 13.8 Å². The van der Waals surface area contributed by atoms with E-state index in [4.69, 9.17) is 4.74 Å². The smallest absolute Gasteiger partial charge is 0.264 e. The first-order valence-electron chi connectivity index (χ1n) is 12.1. The van der Waals surface area contributed by atoms with Crippen molar-refractivity contribution in [3.8, 4) is 5.75 Å². The highest BCUT2D eigenvalue weighted by molar-refractivity contribution is 7.92. The molecule has 3 aromatic rings. The largest absolute Gasteiger partial charge is 0.495 e. The first-order valence-corrected chi connectivity index (χ1v) is 13.6. The van der Waals surface area contributed by atoms with Gasteiger partial charge in [0.1, 0.15) is 12.3 Å². The molecule has 1 N–H and O–H groups in total. The summed E-state index contributed by atoms with van der Waals surface area (Å²) in [6, 6.07) is 20.3. The fourth-order valence-electron chi connectivity index (χ4n) is 4.45. The second-order valence-corrected chi connectivity index (χ2v) is 10.9. The monoisotopic (exact) mass is 507 g/mol. The molecule has 1 aliphatic rings. The predicted octanol–water partition coefficient (Wildman–Crippen LogP) is 4.08. The first kappa shape index (κ1) is 25.6. The summed E-state index contributed by atoms with van der Waals surface area (Å²) >= 11 is 0. The van der Waals surface area contributed by atoms with E-state index in [9.17, 15) is 13.2 Å². The van der Waals surface area contributed by atoms with Gasteiger partial charge in [0.15, 0.2) is 0 Å². The van der Waals surface area contributed by atoms with Gasteiger partial charge in [-0.2, -0.15) is 0 Å². The zero-order chi connectivity index (χ0) is 25.7. The van der Waals surface area contributed by atoms with Crippen molar-refractivity contribution in [2.24, 2.45) is 0 Å². The second-order valence-electron chi connectivity index (χ2n) is 9.07. The Morgan fingerprint density at radius 1 is 1.03 bits per heavy atom. The Morgan fingerprint density at radius 3 is 2.50 bits per heavy atom. The van der Waals surface area contributed by atoms with Gasteiger partial charge < -0.3 is 15.0 Å². The molecule has 1 aliphatic heterocycles. The lowest BCUT2D eigenvalue weighted by Gasteiger charge is -2.26. The van der Waals surface area contributed by atoms with Gasteiger partial charge in [-0.05, 0) is 68.1 Å². The molecule has 7 nitrogen and oxygen atoms in total. The molecule has 0 spiro atoms. The van der Waals surface area contributed by atoms with Crippen LogP contribution in [0.4, 0.5) is 11.4 Å². The lowest BCUT2D eigenvalue weighted by molar-refractivity contribution is -0.119. The van der Waals surface area contributed by atoms with Gasteiger partial charge >= 0.3 is 0 Å². The number of carbonyl (C=O) groups is 1. The molecule has 36 heavy (non-hydrogen) atoms. The number of rotatable bonds is 10. The van der Waals surface area contributed by atoms with Crippen molar-refractivity contribution in [2.45, 2.75) is 31.6 Å². The molecule has 190 valence electrons. The maximum Gasteiger partial charge on any atom is 0.264 e. The third kappa shape index (κ3) is 5.65. The zero-order valence-corrected chi connectivity index (χ0v) is 21.8. The fourth-order valence-corrected chi connectivity index (χ4v) is 5.88. The third-order valence-electron chi connectivity index (χ3n) is 6.41. The van der Waals surface area contributed by atoms with Gasteiger partial charge in [-0.1, -0.05) is 42.0 Å². The van der Waals surface area contributed by atoms with E-state index >= 15 is 0 Å². The Kier molecular flexibility index (Phi) is 7.84. The summed E-state index contributed by atoms with van der Waals surface area (Å²) in [7, 11) is -2.52. The molecule has 8 heteroatoms. The molecule has 0 fully saturated rings. The van der Waals surface area contributed by atoms with Crippen LogP contribution in [0.1, 0.15) is 23.1 Å². The average molecular weight is 508 g/mol. The van der Waals surface area contributed by atoms with Crippen molar-refractivity contribution in [3.05, 3.63) is 83.4 Å². The number of methoxy groups -OCH3 is 1. The Hall–Kier alpha value is -3.52. The van der Waals surface area contributed by atoms with Gasteiger partial charge in [-0.25, -0.2) is 8.42 Å². The van der Waals surface area contributed by atoms with Gasteiger partial charge in [0.2, 0.25) is 5.91 Å². The highest BCUT2D eigenvalue weighted by Crippen LogP contribution is 2.33. The van der Waals surface area contributed by atoms with E-state index in [2.05, 4.69) is 28.4 Å². The first-order chi connectivity index (χ1) is 17.3. The number of para-hydroxylation sites is 1. The zero-order valence-electron chi connectivity index (χ0n) is 21.0. The Balaban J connectivity index is 1.47. The molecule has 0 aromatic heterocycles. The summed E-state index contributed by atoms with van der Waals surface area (Å²) < 4.78 is 33.9. The van der Waals surface area contributed by atoms with E-state index in [0.717, 1.165) is 41.4 Å². The molecular weight excluding hydrogens is 474 g/mol. The fraction of sp³-hybridized carbons (Fsp3) is 0.321. The number of carbonyl (C=O) groups excluding carboxylic acids is 1. The van der Waals surface area contributed by atoms with Crippen LogP contribution in [0.5, 0.6) is 5.75 Å². The number of amides is 1. The number of hydrogen-bond donors (Lipinski definition) is 1. The van der Waals surface area contributed by atoms with Crippen LogP contribution in [0.25, 0.3) is 0 Å². The number of hydrogen-bond acceptors (Lipinski definition) is 5. The van der Waals surface area contributed by atoms with E-state index < -0.39 is 10.0 Å². The van der Waals surface area contributed by atoms with Gasteiger partial charge in [0.25, 0.3) is 10.0 Å². The van der Waals surface area contributed by atoms with E-state index in [-0.39, 0.29) is 17.3 Å². The van der Waals surface area contributed by atoms with Crippen molar-refractivity contribution in [3.63, 3.8) is 0 Å². The van der Waals surface area contributed by atoms with E-state index in [1.807, 2.05) is 26.0 Å². The highest BCUT2D eigenvalue weighted by Gasteiger charge is 2.29. The topological polar surface area (TPSA) is 79.0 Å². The normalized spacial score (nSPS) is 12.8. The number of ether oxygens (including phenoxy) is 1. The van der Waals surface area contributed by atoms with Crippen LogP contribution in [0.2, 0.25) is 0 Å². The molecule has 1 amide bonds. The summed E-state index contributed by atoms with van der Waals surface area (Å²) in [6.07, 6.45) is 1.80. The minimum absolute atomic E-state index is 0.122. The van der Waals surface area contributed by atoms with Crippen LogP contribution in [0.3, 0.4) is 0 Å². The molecule has 0 aliphatic carbocycles. The second kappa shape index (κ2) is 11.0. The minimum Gasteiger partial charge on any atom is -0.495 e. The predicted molar refractivity (Wildman–Crippen MR) is 143 cm³/mol. The van der Waals surface area contributed by atoms with Crippen molar-refractivity contribution >= 4 is 27.3 Å². The number of nitrogens with one attached hydrogen (secondary N) is 1. The SMILES string of the molecule is COc1ccc(C)cc1N(CC(=O)NCCCN1CCc2ccccc21)S(=O)(=O)c1ccc(C)cc1. The van der Waals surface area contributed by atoms with Crippen molar-refractivity contribution < 1.29 is 17.9 Å². The van der Waals surface area contributed by atoms with Crippen LogP contribution in [-0.4, -0.2) is 47.6 Å². The maximum absolute atomic E-state index is 13.7.